The van der Waals surface area contributed by atoms with Crippen molar-refractivity contribution in [1.29, 1.82) is 0 Å². The van der Waals surface area contributed by atoms with Crippen LogP contribution < -0.4 is 5.32 Å². The summed E-state index contributed by atoms with van der Waals surface area (Å²) in [6, 6.07) is -0.0710. The van der Waals surface area contributed by atoms with Crippen molar-refractivity contribution in [1.82, 2.24) is 15.1 Å². The van der Waals surface area contributed by atoms with Gasteiger partial charge in [-0.2, -0.15) is 0 Å². The maximum atomic E-state index is 12.1. The number of piperidine rings is 1. The van der Waals surface area contributed by atoms with Gasteiger partial charge in [0.2, 0.25) is 0 Å². The van der Waals surface area contributed by atoms with Gasteiger partial charge in [-0.25, -0.2) is 4.79 Å². The van der Waals surface area contributed by atoms with E-state index in [9.17, 15) is 9.59 Å². The van der Waals surface area contributed by atoms with Crippen LogP contribution in [-0.4, -0.2) is 79.4 Å². The Morgan fingerprint density at radius 1 is 1.24 bits per heavy atom. The molecule has 7 heteroatoms. The number of nitrogens with zero attached hydrogens (tertiary/aromatic N) is 2. The smallest absolute Gasteiger partial charge is 0.317 e. The van der Waals surface area contributed by atoms with Gasteiger partial charge in [0.1, 0.15) is 0 Å². The Labute approximate surface area is 125 Å². The molecule has 0 spiro atoms. The Kier molecular flexibility index (Phi) is 6.25. The molecular weight excluding hydrogens is 274 g/mol. The lowest BCUT2D eigenvalue weighted by molar-refractivity contribution is -0.138. The zero-order valence-corrected chi connectivity index (χ0v) is 12.4. The minimum Gasteiger partial charge on any atom is -0.481 e. The van der Waals surface area contributed by atoms with Gasteiger partial charge in [-0.05, 0) is 18.8 Å². The highest BCUT2D eigenvalue weighted by Gasteiger charge is 2.25. The van der Waals surface area contributed by atoms with Gasteiger partial charge in [-0.15, -0.1) is 0 Å². The number of carboxylic acids is 1. The number of hydrogen-bond donors (Lipinski definition) is 2. The fourth-order valence-electron chi connectivity index (χ4n) is 2.92. The minimum atomic E-state index is -0.783. The van der Waals surface area contributed by atoms with Crippen LogP contribution in [0.3, 0.4) is 0 Å². The zero-order chi connectivity index (χ0) is 15.1. The molecule has 0 aliphatic carbocycles. The van der Waals surface area contributed by atoms with E-state index in [0.29, 0.717) is 13.1 Å². The first kappa shape index (κ1) is 16.0. The van der Waals surface area contributed by atoms with Crippen molar-refractivity contribution in [3.63, 3.8) is 0 Å². The van der Waals surface area contributed by atoms with E-state index in [-0.39, 0.29) is 18.4 Å². The first-order chi connectivity index (χ1) is 10.1. The van der Waals surface area contributed by atoms with Crippen LogP contribution in [0.1, 0.15) is 19.3 Å². The van der Waals surface area contributed by atoms with Crippen molar-refractivity contribution in [2.45, 2.75) is 19.3 Å². The van der Waals surface area contributed by atoms with Crippen molar-refractivity contribution in [2.24, 2.45) is 5.92 Å². The van der Waals surface area contributed by atoms with E-state index in [0.717, 1.165) is 52.2 Å². The van der Waals surface area contributed by atoms with E-state index in [4.69, 9.17) is 9.84 Å². The summed E-state index contributed by atoms with van der Waals surface area (Å²) < 4.78 is 5.28. The molecule has 0 aromatic carbocycles. The predicted octanol–water partition coefficient (Wildman–Crippen LogP) is 0.215. The van der Waals surface area contributed by atoms with Gasteiger partial charge >= 0.3 is 12.0 Å². The van der Waals surface area contributed by atoms with Crippen LogP contribution in [-0.2, 0) is 9.53 Å². The standard InChI is InChI=1S/C14H25N3O4/c18-13(19)10-12-2-1-4-17(11-12)14(20)15-3-5-16-6-8-21-9-7-16/h12H,1-11H2,(H,15,20)(H,18,19). The molecular formula is C14H25N3O4. The molecule has 2 rings (SSSR count). The van der Waals surface area contributed by atoms with Crippen LogP contribution >= 0.6 is 0 Å². The molecule has 1 atom stereocenters. The van der Waals surface area contributed by atoms with E-state index in [1.54, 1.807) is 4.90 Å². The number of likely N-dealkylation sites (tertiary alicyclic amines) is 1. The summed E-state index contributed by atoms with van der Waals surface area (Å²) in [5, 5.41) is 11.8. The SMILES string of the molecule is O=C(O)CC1CCCN(C(=O)NCCN2CCOCC2)C1. The van der Waals surface area contributed by atoms with Gasteiger partial charge < -0.3 is 20.1 Å². The Balaban J connectivity index is 1.66. The van der Waals surface area contributed by atoms with Crippen molar-refractivity contribution < 1.29 is 19.4 Å². The molecule has 120 valence electrons. The maximum absolute atomic E-state index is 12.1. The van der Waals surface area contributed by atoms with Gasteiger partial charge in [0.15, 0.2) is 0 Å². The molecule has 0 aromatic heterocycles. The van der Waals surface area contributed by atoms with Crippen LogP contribution in [0.4, 0.5) is 4.79 Å². The van der Waals surface area contributed by atoms with Crippen molar-refractivity contribution in [3.05, 3.63) is 0 Å². The molecule has 0 saturated carbocycles. The molecule has 2 saturated heterocycles. The van der Waals surface area contributed by atoms with E-state index < -0.39 is 5.97 Å². The Bertz CT molecular complexity index is 358. The van der Waals surface area contributed by atoms with Crippen molar-refractivity contribution >= 4 is 12.0 Å². The third-order valence-corrected chi connectivity index (χ3v) is 4.08. The molecule has 2 N–H and O–H groups in total. The predicted molar refractivity (Wildman–Crippen MR) is 77.2 cm³/mol. The molecule has 2 aliphatic heterocycles. The Morgan fingerprint density at radius 2 is 2.00 bits per heavy atom. The summed E-state index contributed by atoms with van der Waals surface area (Å²) >= 11 is 0. The number of morpholine rings is 1. The normalized spacial score (nSPS) is 23.8. The molecule has 21 heavy (non-hydrogen) atoms. The van der Waals surface area contributed by atoms with Crippen LogP contribution in [0.15, 0.2) is 0 Å². The third-order valence-electron chi connectivity index (χ3n) is 4.08. The number of aliphatic carboxylic acids is 1. The molecule has 0 aromatic rings. The van der Waals surface area contributed by atoms with E-state index >= 15 is 0 Å². The summed E-state index contributed by atoms with van der Waals surface area (Å²) in [7, 11) is 0. The van der Waals surface area contributed by atoms with Crippen LogP contribution in [0.25, 0.3) is 0 Å². The maximum Gasteiger partial charge on any atom is 0.317 e. The monoisotopic (exact) mass is 299 g/mol. The van der Waals surface area contributed by atoms with Crippen LogP contribution in [0, 0.1) is 5.92 Å². The van der Waals surface area contributed by atoms with Crippen molar-refractivity contribution in [2.75, 3.05) is 52.5 Å². The summed E-state index contributed by atoms with van der Waals surface area (Å²) in [6.07, 6.45) is 1.93. The summed E-state index contributed by atoms with van der Waals surface area (Å²) in [5.41, 5.74) is 0. The average Bonchev–Trinajstić information content (AvgIpc) is 2.48. The number of urea groups is 1. The van der Waals surface area contributed by atoms with Crippen LogP contribution in [0.2, 0.25) is 0 Å². The molecule has 2 aliphatic rings. The molecule has 2 fully saturated rings. The fraction of sp³-hybridized carbons (Fsp3) is 0.857. The lowest BCUT2D eigenvalue weighted by atomic mass is 9.95. The van der Waals surface area contributed by atoms with Gasteiger partial charge in [0.05, 0.1) is 13.2 Å². The second-order valence-corrected chi connectivity index (χ2v) is 5.74. The van der Waals surface area contributed by atoms with Gasteiger partial charge in [0.25, 0.3) is 0 Å². The van der Waals surface area contributed by atoms with Crippen molar-refractivity contribution in [3.8, 4) is 0 Å². The summed E-state index contributed by atoms with van der Waals surface area (Å²) in [5.74, 6) is -0.698. The summed E-state index contributed by atoms with van der Waals surface area (Å²) in [4.78, 5) is 26.9. The zero-order valence-electron chi connectivity index (χ0n) is 12.4. The number of nitrogens with one attached hydrogen (secondary N) is 1. The third kappa shape index (κ3) is 5.51. The Hall–Kier alpha value is -1.34. The number of carbonyl (C=O) groups excluding carboxylic acids is 1. The largest absolute Gasteiger partial charge is 0.481 e. The first-order valence-electron chi connectivity index (χ1n) is 7.70. The number of carboxylic acid groups (broad SMARTS) is 1. The molecule has 1 unspecified atom stereocenters. The number of carbonyl (C=O) groups is 2. The highest BCUT2D eigenvalue weighted by atomic mass is 16.5. The number of ether oxygens (including phenoxy) is 1. The number of amides is 2. The second kappa shape index (κ2) is 8.19. The van der Waals surface area contributed by atoms with E-state index in [1.807, 2.05) is 0 Å². The lowest BCUT2D eigenvalue weighted by Crippen LogP contribution is -2.48. The number of rotatable bonds is 5. The highest BCUT2D eigenvalue weighted by molar-refractivity contribution is 5.74. The fourth-order valence-corrected chi connectivity index (χ4v) is 2.92. The quantitative estimate of drug-likeness (QED) is 0.758. The lowest BCUT2D eigenvalue weighted by Gasteiger charge is -2.32. The molecule has 2 heterocycles. The molecule has 0 bridgehead atoms. The second-order valence-electron chi connectivity index (χ2n) is 5.74. The number of hydrogen-bond acceptors (Lipinski definition) is 4. The highest BCUT2D eigenvalue weighted by Crippen LogP contribution is 2.19. The van der Waals surface area contributed by atoms with Gasteiger partial charge in [-0.3, -0.25) is 9.69 Å². The average molecular weight is 299 g/mol. The molecule has 2 amide bonds. The topological polar surface area (TPSA) is 82.1 Å². The van der Waals surface area contributed by atoms with Crippen LogP contribution in [0.5, 0.6) is 0 Å². The van der Waals surface area contributed by atoms with E-state index in [1.165, 1.54) is 0 Å². The van der Waals surface area contributed by atoms with Gasteiger partial charge in [0, 0.05) is 45.7 Å². The minimum absolute atomic E-state index is 0.0710. The molecule has 0 radical (unpaired) electrons. The Morgan fingerprint density at radius 3 is 2.71 bits per heavy atom. The summed E-state index contributed by atoms with van der Waals surface area (Å²) in [6.45, 7) is 6.09. The molecule has 7 nitrogen and oxygen atoms in total. The first-order valence-corrected chi connectivity index (χ1v) is 7.70. The van der Waals surface area contributed by atoms with E-state index in [2.05, 4.69) is 10.2 Å². The van der Waals surface area contributed by atoms with Gasteiger partial charge in [-0.1, -0.05) is 0 Å².